The molecule has 0 spiro atoms. The monoisotopic (exact) mass is 482 g/mol. The molecule has 0 amide bonds. The zero-order valence-corrected chi connectivity index (χ0v) is 20.6. The smallest absolute Gasteiger partial charge is 0.333 e. The minimum atomic E-state index is -0.190. The number of benzene rings is 5. The van der Waals surface area contributed by atoms with E-state index in [9.17, 15) is 5.26 Å². The molecule has 0 aliphatic carbocycles. The standard InChI is InChI=1S/C33H19BN4/c1-20-8-7-10-25-23-9-3-5-12-28(23)38(32(20)25)34-27-11-4-6-13-29(27)37-30-18-22(36-2)15-17-24(30)26-16-14-21(19-35)31(34)33(26)37/h3-18H,1H3. The predicted octanol–water partition coefficient (Wildman–Crippen LogP) is 6.59. The second-order valence-electron chi connectivity index (χ2n) is 10.0. The highest BCUT2D eigenvalue weighted by Crippen LogP contribution is 2.38. The fourth-order valence-electron chi connectivity index (χ4n) is 6.66. The molecule has 0 fully saturated rings. The van der Waals surface area contributed by atoms with Crippen molar-refractivity contribution >= 4 is 67.1 Å². The Balaban J connectivity index is 1.65. The first-order valence-electron chi connectivity index (χ1n) is 12.7. The van der Waals surface area contributed by atoms with Gasteiger partial charge in [-0.2, -0.15) is 5.26 Å². The van der Waals surface area contributed by atoms with Crippen molar-refractivity contribution < 1.29 is 0 Å². The number of aromatic nitrogens is 2. The van der Waals surface area contributed by atoms with E-state index in [0.29, 0.717) is 11.3 Å². The van der Waals surface area contributed by atoms with Gasteiger partial charge in [-0.05, 0) is 47.7 Å². The van der Waals surface area contributed by atoms with E-state index in [1.54, 1.807) is 0 Å². The van der Waals surface area contributed by atoms with Crippen LogP contribution in [0.3, 0.4) is 0 Å². The van der Waals surface area contributed by atoms with E-state index in [1.165, 1.54) is 21.9 Å². The fraction of sp³-hybridized carbons (Fsp3) is 0.0303. The minimum absolute atomic E-state index is 0.190. The molecule has 2 aromatic heterocycles. The highest BCUT2D eigenvalue weighted by molar-refractivity contribution is 6.88. The number of nitrogens with zero attached hydrogens (tertiary/aromatic N) is 4. The Morgan fingerprint density at radius 1 is 0.763 bits per heavy atom. The van der Waals surface area contributed by atoms with Gasteiger partial charge in [0.15, 0.2) is 5.69 Å². The van der Waals surface area contributed by atoms with Gasteiger partial charge in [-0.3, -0.25) is 0 Å². The molecular weight excluding hydrogens is 463 g/mol. The van der Waals surface area contributed by atoms with Crippen LogP contribution in [-0.4, -0.2) is 15.9 Å². The maximum absolute atomic E-state index is 10.4. The van der Waals surface area contributed by atoms with E-state index in [2.05, 4.69) is 99.7 Å². The highest BCUT2D eigenvalue weighted by Gasteiger charge is 2.38. The second-order valence-corrected chi connectivity index (χ2v) is 10.0. The Bertz CT molecular complexity index is 2240. The molecule has 7 aromatic rings. The summed E-state index contributed by atoms with van der Waals surface area (Å²) < 4.78 is 4.71. The summed E-state index contributed by atoms with van der Waals surface area (Å²) in [5, 5.41) is 15.0. The van der Waals surface area contributed by atoms with E-state index >= 15 is 0 Å². The molecule has 5 aromatic carbocycles. The molecule has 0 N–H and O–H groups in total. The Morgan fingerprint density at radius 2 is 1.50 bits per heavy atom. The fourth-order valence-corrected chi connectivity index (χ4v) is 6.66. The quantitative estimate of drug-likeness (QED) is 0.192. The number of para-hydroxylation sites is 3. The molecule has 0 saturated heterocycles. The molecule has 0 radical (unpaired) electrons. The van der Waals surface area contributed by atoms with Gasteiger partial charge in [-0.25, -0.2) is 4.85 Å². The van der Waals surface area contributed by atoms with Gasteiger partial charge in [0.1, 0.15) is 0 Å². The summed E-state index contributed by atoms with van der Waals surface area (Å²) in [5.74, 6) is 0. The van der Waals surface area contributed by atoms with Gasteiger partial charge >= 0.3 is 6.85 Å². The van der Waals surface area contributed by atoms with Crippen molar-refractivity contribution in [2.45, 2.75) is 6.92 Å². The van der Waals surface area contributed by atoms with Crippen molar-refractivity contribution in [1.82, 2.24) is 9.05 Å². The van der Waals surface area contributed by atoms with Gasteiger partial charge in [-0.1, -0.05) is 72.8 Å². The molecule has 0 atom stereocenters. The third-order valence-corrected chi connectivity index (χ3v) is 8.14. The first kappa shape index (κ1) is 20.9. The van der Waals surface area contributed by atoms with Crippen molar-refractivity contribution in [2.75, 3.05) is 0 Å². The first-order valence-corrected chi connectivity index (χ1v) is 12.7. The van der Waals surface area contributed by atoms with Crippen LogP contribution in [0.15, 0.2) is 97.1 Å². The summed E-state index contributed by atoms with van der Waals surface area (Å²) in [6, 6.07) is 36.0. The molecule has 1 aliphatic heterocycles. The molecule has 174 valence electrons. The Hall–Kier alpha value is -5.26. The SMILES string of the molecule is [C-]#[N+]c1ccc2c3ccc(C#N)c4c3n(c2c1)-c1ccccc1B4n1c2ccccc2c2cccc(C)c21. The first-order chi connectivity index (χ1) is 18.7. The van der Waals surface area contributed by atoms with Crippen molar-refractivity contribution in [2.24, 2.45) is 0 Å². The zero-order chi connectivity index (χ0) is 25.5. The highest BCUT2D eigenvalue weighted by atomic mass is 15.0. The summed E-state index contributed by atoms with van der Waals surface area (Å²) in [7, 11) is 0. The predicted molar refractivity (Wildman–Crippen MR) is 156 cm³/mol. The number of hydrogen-bond acceptors (Lipinski definition) is 1. The van der Waals surface area contributed by atoms with Gasteiger partial charge in [0.2, 0.25) is 0 Å². The Kier molecular flexibility index (Phi) is 4.06. The van der Waals surface area contributed by atoms with Crippen LogP contribution < -0.4 is 10.9 Å². The van der Waals surface area contributed by atoms with Gasteiger partial charge in [0, 0.05) is 43.8 Å². The zero-order valence-electron chi connectivity index (χ0n) is 20.6. The summed E-state index contributed by atoms with van der Waals surface area (Å²) >= 11 is 0. The van der Waals surface area contributed by atoms with Crippen LogP contribution in [0.2, 0.25) is 0 Å². The van der Waals surface area contributed by atoms with Gasteiger partial charge < -0.3 is 9.05 Å². The van der Waals surface area contributed by atoms with Crippen molar-refractivity contribution in [3.8, 4) is 11.8 Å². The van der Waals surface area contributed by atoms with Gasteiger partial charge in [0.25, 0.3) is 0 Å². The lowest BCUT2D eigenvalue weighted by molar-refractivity contribution is 1.18. The third kappa shape index (κ3) is 2.48. The molecule has 5 heteroatoms. The molecule has 0 bridgehead atoms. The lowest BCUT2D eigenvalue weighted by Gasteiger charge is -2.29. The molecule has 4 nitrogen and oxygen atoms in total. The van der Waals surface area contributed by atoms with E-state index in [-0.39, 0.29) is 6.85 Å². The maximum Gasteiger partial charge on any atom is 0.333 e. The number of rotatable bonds is 1. The molecular formula is C33H19BN4. The van der Waals surface area contributed by atoms with Crippen molar-refractivity contribution in [3.63, 3.8) is 0 Å². The normalized spacial score (nSPS) is 12.2. The summed E-state index contributed by atoms with van der Waals surface area (Å²) in [5.41, 5.74) is 10.1. The molecule has 8 rings (SSSR count). The molecule has 38 heavy (non-hydrogen) atoms. The summed E-state index contributed by atoms with van der Waals surface area (Å²) in [4.78, 5) is 3.71. The number of hydrogen-bond donors (Lipinski definition) is 0. The second kappa shape index (κ2) is 7.38. The lowest BCUT2D eigenvalue weighted by Crippen LogP contribution is -2.54. The molecule has 0 saturated carbocycles. The summed E-state index contributed by atoms with van der Waals surface area (Å²) in [6.45, 7) is 9.59. The van der Waals surface area contributed by atoms with Crippen LogP contribution in [-0.2, 0) is 0 Å². The average molecular weight is 482 g/mol. The summed E-state index contributed by atoms with van der Waals surface area (Å²) in [6.07, 6.45) is 0. The van der Waals surface area contributed by atoms with Crippen LogP contribution in [0, 0.1) is 24.8 Å². The average Bonchev–Trinajstić information content (AvgIpc) is 3.48. The van der Waals surface area contributed by atoms with Crippen molar-refractivity contribution in [3.05, 3.63) is 120 Å². The number of aryl methyl sites for hydroxylation is 1. The van der Waals surface area contributed by atoms with Crippen LogP contribution in [0.1, 0.15) is 11.1 Å². The van der Waals surface area contributed by atoms with E-state index in [1.807, 2.05) is 24.3 Å². The van der Waals surface area contributed by atoms with Gasteiger partial charge in [0.05, 0.1) is 23.7 Å². The van der Waals surface area contributed by atoms with E-state index < -0.39 is 0 Å². The third-order valence-electron chi connectivity index (χ3n) is 8.14. The Morgan fingerprint density at radius 3 is 2.37 bits per heavy atom. The number of fused-ring (bicyclic) bond motifs is 8. The number of nitriles is 1. The topological polar surface area (TPSA) is 38.0 Å². The maximum atomic E-state index is 10.4. The largest absolute Gasteiger partial charge is 0.376 e. The van der Waals surface area contributed by atoms with Crippen LogP contribution in [0.25, 0.3) is 54.1 Å². The van der Waals surface area contributed by atoms with Gasteiger partial charge in [-0.15, -0.1) is 0 Å². The lowest BCUT2D eigenvalue weighted by atomic mass is 9.47. The van der Waals surface area contributed by atoms with Crippen LogP contribution in [0.5, 0.6) is 0 Å². The Labute approximate surface area is 219 Å². The molecule has 3 heterocycles. The van der Waals surface area contributed by atoms with Crippen LogP contribution >= 0.6 is 0 Å². The van der Waals surface area contributed by atoms with E-state index in [4.69, 9.17) is 6.57 Å². The van der Waals surface area contributed by atoms with E-state index in [0.717, 1.165) is 43.9 Å². The van der Waals surface area contributed by atoms with Crippen molar-refractivity contribution in [1.29, 1.82) is 5.26 Å². The minimum Gasteiger partial charge on any atom is -0.376 e. The molecule has 1 aliphatic rings. The van der Waals surface area contributed by atoms with Crippen LogP contribution in [0.4, 0.5) is 5.69 Å². The molecule has 0 unspecified atom stereocenters.